The van der Waals surface area contributed by atoms with Gasteiger partial charge in [-0.05, 0) is 30.5 Å². The number of aryl methyl sites for hydroxylation is 1. The van der Waals surface area contributed by atoms with Crippen molar-refractivity contribution < 1.29 is 4.79 Å². The maximum Gasteiger partial charge on any atom is 0.193 e. The molecular weight excluding hydrogens is 234 g/mol. The molecule has 0 spiro atoms. The molecule has 0 saturated carbocycles. The predicted octanol–water partition coefficient (Wildman–Crippen LogP) is 2.98. The third-order valence-corrected chi connectivity index (χ3v) is 3.27. The Morgan fingerprint density at radius 2 is 1.37 bits per heavy atom. The summed E-state index contributed by atoms with van der Waals surface area (Å²) >= 11 is 0. The molecule has 0 fully saturated rings. The molecule has 0 atom stereocenters. The van der Waals surface area contributed by atoms with Crippen LogP contribution in [0.4, 0.5) is 0 Å². The van der Waals surface area contributed by atoms with Gasteiger partial charge in [-0.2, -0.15) is 0 Å². The van der Waals surface area contributed by atoms with E-state index >= 15 is 0 Å². The molecule has 2 rings (SSSR count). The normalized spacial score (nSPS) is 10.4. The second kappa shape index (κ2) is 6.30. The van der Waals surface area contributed by atoms with Gasteiger partial charge in [-0.3, -0.25) is 4.79 Å². The molecule has 98 valence electrons. The fourth-order valence-electron chi connectivity index (χ4n) is 2.05. The largest absolute Gasteiger partial charge is 0.330 e. The first-order valence-corrected chi connectivity index (χ1v) is 6.67. The highest BCUT2D eigenvalue weighted by Crippen LogP contribution is 2.13. The minimum Gasteiger partial charge on any atom is -0.330 e. The van der Waals surface area contributed by atoms with Gasteiger partial charge in [0.05, 0.1) is 0 Å². The van der Waals surface area contributed by atoms with Gasteiger partial charge in [0.2, 0.25) is 0 Å². The number of rotatable bonds is 5. The Kier molecular flexibility index (Phi) is 4.48. The second-order valence-electron chi connectivity index (χ2n) is 4.62. The molecule has 0 heterocycles. The fourth-order valence-corrected chi connectivity index (χ4v) is 2.05. The summed E-state index contributed by atoms with van der Waals surface area (Å²) in [6, 6.07) is 15.5. The van der Waals surface area contributed by atoms with Crippen molar-refractivity contribution >= 4 is 5.78 Å². The van der Waals surface area contributed by atoms with Gasteiger partial charge in [-0.15, -0.1) is 0 Å². The van der Waals surface area contributed by atoms with E-state index in [0.717, 1.165) is 24.0 Å². The van der Waals surface area contributed by atoms with Crippen molar-refractivity contribution in [3.63, 3.8) is 0 Å². The Morgan fingerprint density at radius 3 is 1.79 bits per heavy atom. The van der Waals surface area contributed by atoms with Crippen LogP contribution in [-0.4, -0.2) is 12.3 Å². The molecule has 0 radical (unpaired) electrons. The van der Waals surface area contributed by atoms with Crippen LogP contribution in [-0.2, 0) is 12.8 Å². The van der Waals surface area contributed by atoms with Crippen molar-refractivity contribution in [1.82, 2.24) is 0 Å². The topological polar surface area (TPSA) is 43.1 Å². The summed E-state index contributed by atoms with van der Waals surface area (Å²) in [5.74, 6) is 0.0713. The number of carbonyl (C=O) groups excluding carboxylic acids is 1. The molecule has 0 aliphatic carbocycles. The van der Waals surface area contributed by atoms with Crippen molar-refractivity contribution in [2.24, 2.45) is 5.73 Å². The molecule has 0 aromatic heterocycles. The standard InChI is InChI=1S/C17H19NO/c1-2-13-3-7-15(8-4-13)17(19)16-9-5-14(6-10-16)11-12-18/h3-10H,2,11-12,18H2,1H3. The minimum absolute atomic E-state index is 0.0713. The number of hydrogen-bond acceptors (Lipinski definition) is 2. The average molecular weight is 253 g/mol. The number of nitrogens with two attached hydrogens (primary N) is 1. The zero-order chi connectivity index (χ0) is 13.7. The zero-order valence-electron chi connectivity index (χ0n) is 11.2. The van der Waals surface area contributed by atoms with Crippen LogP contribution in [0.15, 0.2) is 48.5 Å². The Morgan fingerprint density at radius 1 is 0.895 bits per heavy atom. The molecule has 2 aromatic rings. The smallest absolute Gasteiger partial charge is 0.193 e. The highest BCUT2D eigenvalue weighted by molar-refractivity contribution is 6.08. The van der Waals surface area contributed by atoms with E-state index in [1.165, 1.54) is 11.1 Å². The van der Waals surface area contributed by atoms with Gasteiger partial charge in [0, 0.05) is 11.1 Å². The van der Waals surface area contributed by atoms with Crippen molar-refractivity contribution in [1.29, 1.82) is 0 Å². The number of ketones is 1. The molecule has 0 amide bonds. The third-order valence-electron chi connectivity index (χ3n) is 3.27. The Bertz CT molecular complexity index is 540. The van der Waals surface area contributed by atoms with Crippen LogP contribution >= 0.6 is 0 Å². The third kappa shape index (κ3) is 3.30. The van der Waals surface area contributed by atoms with Gasteiger partial charge in [0.25, 0.3) is 0 Å². The lowest BCUT2D eigenvalue weighted by Gasteiger charge is -2.04. The van der Waals surface area contributed by atoms with Gasteiger partial charge < -0.3 is 5.73 Å². The number of carbonyl (C=O) groups is 1. The fraction of sp³-hybridized carbons (Fsp3) is 0.235. The SMILES string of the molecule is CCc1ccc(C(=O)c2ccc(CCN)cc2)cc1. The second-order valence-corrected chi connectivity index (χ2v) is 4.62. The number of hydrogen-bond donors (Lipinski definition) is 1. The van der Waals surface area contributed by atoms with Crippen LogP contribution < -0.4 is 5.73 Å². The molecular formula is C17H19NO. The summed E-state index contributed by atoms with van der Waals surface area (Å²) in [7, 11) is 0. The van der Waals surface area contributed by atoms with E-state index in [0.29, 0.717) is 6.54 Å². The van der Waals surface area contributed by atoms with Crippen molar-refractivity contribution in [3.05, 3.63) is 70.8 Å². The Labute approximate surface area is 114 Å². The lowest BCUT2D eigenvalue weighted by atomic mass is 10.00. The lowest BCUT2D eigenvalue weighted by molar-refractivity contribution is 0.103. The average Bonchev–Trinajstić information content (AvgIpc) is 2.48. The monoisotopic (exact) mass is 253 g/mol. The predicted molar refractivity (Wildman–Crippen MR) is 78.5 cm³/mol. The van der Waals surface area contributed by atoms with Crippen LogP contribution in [0.1, 0.15) is 34.0 Å². The molecule has 2 heteroatoms. The van der Waals surface area contributed by atoms with Crippen LogP contribution in [0.25, 0.3) is 0 Å². The van der Waals surface area contributed by atoms with Crippen LogP contribution in [0.2, 0.25) is 0 Å². The van der Waals surface area contributed by atoms with E-state index in [1.807, 2.05) is 48.5 Å². The van der Waals surface area contributed by atoms with Crippen molar-refractivity contribution in [2.75, 3.05) is 6.54 Å². The summed E-state index contributed by atoms with van der Waals surface area (Å²) in [6.07, 6.45) is 1.84. The maximum absolute atomic E-state index is 12.3. The van der Waals surface area contributed by atoms with Crippen molar-refractivity contribution in [3.8, 4) is 0 Å². The first kappa shape index (κ1) is 13.5. The maximum atomic E-state index is 12.3. The molecule has 2 nitrogen and oxygen atoms in total. The highest BCUT2D eigenvalue weighted by atomic mass is 16.1. The van der Waals surface area contributed by atoms with Crippen molar-refractivity contribution in [2.45, 2.75) is 19.8 Å². The molecule has 0 unspecified atom stereocenters. The Hall–Kier alpha value is -1.93. The summed E-state index contributed by atoms with van der Waals surface area (Å²) < 4.78 is 0. The van der Waals surface area contributed by atoms with E-state index in [9.17, 15) is 4.79 Å². The van der Waals surface area contributed by atoms with Gasteiger partial charge in [-0.1, -0.05) is 55.5 Å². The Balaban J connectivity index is 2.18. The van der Waals surface area contributed by atoms with Gasteiger partial charge in [-0.25, -0.2) is 0 Å². The first-order chi connectivity index (χ1) is 9.24. The molecule has 2 N–H and O–H groups in total. The molecule has 19 heavy (non-hydrogen) atoms. The van der Waals surface area contributed by atoms with Gasteiger partial charge in [0.15, 0.2) is 5.78 Å². The first-order valence-electron chi connectivity index (χ1n) is 6.67. The quantitative estimate of drug-likeness (QED) is 0.832. The summed E-state index contributed by atoms with van der Waals surface area (Å²) in [4.78, 5) is 12.3. The zero-order valence-corrected chi connectivity index (χ0v) is 11.2. The molecule has 0 aliphatic heterocycles. The van der Waals surface area contributed by atoms with Gasteiger partial charge in [0.1, 0.15) is 0 Å². The van der Waals surface area contributed by atoms with Crippen LogP contribution in [0.3, 0.4) is 0 Å². The number of benzene rings is 2. The minimum atomic E-state index is 0.0713. The molecule has 0 bridgehead atoms. The van der Waals surface area contributed by atoms with E-state index in [1.54, 1.807) is 0 Å². The van der Waals surface area contributed by atoms with E-state index < -0.39 is 0 Å². The lowest BCUT2D eigenvalue weighted by Crippen LogP contribution is -2.04. The van der Waals surface area contributed by atoms with E-state index in [-0.39, 0.29) is 5.78 Å². The van der Waals surface area contributed by atoms with E-state index in [4.69, 9.17) is 5.73 Å². The molecule has 2 aromatic carbocycles. The summed E-state index contributed by atoms with van der Waals surface area (Å²) in [6.45, 7) is 2.73. The molecule has 0 saturated heterocycles. The van der Waals surface area contributed by atoms with Crippen LogP contribution in [0, 0.1) is 0 Å². The van der Waals surface area contributed by atoms with Crippen LogP contribution in [0.5, 0.6) is 0 Å². The summed E-state index contributed by atoms with van der Waals surface area (Å²) in [5.41, 5.74) is 9.39. The van der Waals surface area contributed by atoms with Gasteiger partial charge >= 0.3 is 0 Å². The molecule has 0 aliphatic rings. The highest BCUT2D eigenvalue weighted by Gasteiger charge is 2.08. The van der Waals surface area contributed by atoms with E-state index in [2.05, 4.69) is 6.92 Å². The summed E-state index contributed by atoms with van der Waals surface area (Å²) in [5, 5.41) is 0.